The summed E-state index contributed by atoms with van der Waals surface area (Å²) in [7, 11) is 0. The summed E-state index contributed by atoms with van der Waals surface area (Å²) in [4.78, 5) is 15.6. The maximum atomic E-state index is 13.3. The number of ether oxygens (including phenoxy) is 1. The molecule has 164 valence electrons. The number of halogens is 1. The van der Waals surface area contributed by atoms with Crippen molar-refractivity contribution < 1.29 is 9.53 Å². The number of benzene rings is 2. The molecule has 1 fully saturated rings. The molecule has 2 aliphatic heterocycles. The minimum Gasteiger partial charge on any atom is -0.494 e. The van der Waals surface area contributed by atoms with E-state index in [4.69, 9.17) is 21.4 Å². The maximum absolute atomic E-state index is 13.3. The first-order valence-corrected chi connectivity index (χ1v) is 11.5. The monoisotopic (exact) mass is 439 g/mol. The second-order valence-corrected chi connectivity index (χ2v) is 8.85. The lowest BCUT2D eigenvalue weighted by atomic mass is 9.98. The number of piperidine rings is 1. The molecule has 0 N–H and O–H groups in total. The molecule has 2 aromatic rings. The lowest BCUT2D eigenvalue weighted by molar-refractivity contribution is -0.134. The van der Waals surface area contributed by atoms with Gasteiger partial charge in [-0.05, 0) is 62.5 Å². The summed E-state index contributed by atoms with van der Waals surface area (Å²) >= 11 is 6.44. The van der Waals surface area contributed by atoms with Gasteiger partial charge in [0.1, 0.15) is 5.75 Å². The normalized spacial score (nSPS) is 20.0. The number of hydrogen-bond donors (Lipinski definition) is 0. The Kier molecular flexibility index (Phi) is 6.93. The molecule has 31 heavy (non-hydrogen) atoms. The quantitative estimate of drug-likeness (QED) is 0.625. The van der Waals surface area contributed by atoms with Gasteiger partial charge in [0.15, 0.2) is 0 Å². The topological polar surface area (TPSA) is 45.1 Å². The fourth-order valence-corrected chi connectivity index (χ4v) is 4.54. The predicted molar refractivity (Wildman–Crippen MR) is 125 cm³/mol. The predicted octanol–water partition coefficient (Wildman–Crippen LogP) is 5.15. The van der Waals surface area contributed by atoms with E-state index in [-0.39, 0.29) is 11.9 Å². The highest BCUT2D eigenvalue weighted by Crippen LogP contribution is 2.35. The van der Waals surface area contributed by atoms with Gasteiger partial charge < -0.3 is 4.74 Å². The Morgan fingerprint density at radius 1 is 1.13 bits per heavy atom. The summed E-state index contributed by atoms with van der Waals surface area (Å²) in [6, 6.07) is 15.5. The zero-order chi connectivity index (χ0) is 21.8. The van der Waals surface area contributed by atoms with Crippen molar-refractivity contribution in [2.75, 3.05) is 26.2 Å². The first kappa shape index (κ1) is 21.8. The summed E-state index contributed by atoms with van der Waals surface area (Å²) in [5.74, 6) is 1.60. The molecule has 1 amide bonds. The Morgan fingerprint density at radius 3 is 2.52 bits per heavy atom. The van der Waals surface area contributed by atoms with Gasteiger partial charge in [0.2, 0.25) is 0 Å². The molecular formula is C25H30ClN3O2. The van der Waals surface area contributed by atoms with E-state index in [1.54, 1.807) is 5.01 Å². The molecule has 2 aromatic carbocycles. The first-order chi connectivity index (χ1) is 15.0. The highest BCUT2D eigenvalue weighted by atomic mass is 35.5. The number of nitrogens with zero attached hydrogens (tertiary/aromatic N) is 3. The number of amides is 1. The number of likely N-dealkylation sites (tertiary alicyclic amines) is 1. The van der Waals surface area contributed by atoms with Gasteiger partial charge in [-0.3, -0.25) is 9.69 Å². The van der Waals surface area contributed by atoms with Crippen molar-refractivity contribution in [3.05, 3.63) is 64.7 Å². The molecule has 6 heteroatoms. The zero-order valence-electron chi connectivity index (χ0n) is 18.3. The van der Waals surface area contributed by atoms with Crippen molar-refractivity contribution in [2.24, 2.45) is 11.0 Å². The second kappa shape index (κ2) is 9.84. The fraction of sp³-hybridized carbons (Fsp3) is 0.440. The van der Waals surface area contributed by atoms with Crippen molar-refractivity contribution >= 4 is 23.2 Å². The Labute approximate surface area is 189 Å². The van der Waals surface area contributed by atoms with Crippen LogP contribution in [-0.2, 0) is 4.79 Å². The van der Waals surface area contributed by atoms with Crippen LogP contribution in [0.2, 0.25) is 5.02 Å². The summed E-state index contributed by atoms with van der Waals surface area (Å²) < 4.78 is 5.58. The molecule has 1 saturated heterocycles. The minimum atomic E-state index is -0.141. The molecule has 2 heterocycles. The number of hydrogen-bond acceptors (Lipinski definition) is 4. The van der Waals surface area contributed by atoms with Crippen molar-refractivity contribution in [1.29, 1.82) is 0 Å². The molecule has 0 unspecified atom stereocenters. The lowest BCUT2D eigenvalue weighted by Crippen LogP contribution is -2.41. The van der Waals surface area contributed by atoms with E-state index in [0.29, 0.717) is 24.6 Å². The van der Waals surface area contributed by atoms with E-state index in [2.05, 4.69) is 11.8 Å². The van der Waals surface area contributed by atoms with E-state index in [1.165, 1.54) is 0 Å². The molecule has 0 aromatic heterocycles. The third-order valence-electron chi connectivity index (χ3n) is 6.16. The molecule has 0 radical (unpaired) electrons. The Balaban J connectivity index is 1.58. The van der Waals surface area contributed by atoms with Crippen LogP contribution in [0.1, 0.15) is 50.3 Å². The van der Waals surface area contributed by atoms with Gasteiger partial charge in [0, 0.05) is 17.0 Å². The second-order valence-electron chi connectivity index (χ2n) is 8.45. The van der Waals surface area contributed by atoms with Crippen LogP contribution in [0.5, 0.6) is 5.75 Å². The van der Waals surface area contributed by atoms with Gasteiger partial charge in [-0.25, -0.2) is 5.01 Å². The Bertz CT molecular complexity index is 936. The van der Waals surface area contributed by atoms with Crippen LogP contribution < -0.4 is 4.74 Å². The number of carbonyl (C=O) groups is 1. The average molecular weight is 440 g/mol. The molecule has 0 bridgehead atoms. The van der Waals surface area contributed by atoms with Crippen molar-refractivity contribution in [3.8, 4) is 5.75 Å². The minimum absolute atomic E-state index is 0.0375. The van der Waals surface area contributed by atoms with Crippen LogP contribution in [-0.4, -0.2) is 47.8 Å². The van der Waals surface area contributed by atoms with E-state index in [1.807, 2.05) is 55.5 Å². The maximum Gasteiger partial charge on any atom is 0.257 e. The van der Waals surface area contributed by atoms with Gasteiger partial charge in [-0.15, -0.1) is 0 Å². The molecule has 4 rings (SSSR count). The van der Waals surface area contributed by atoms with Crippen LogP contribution >= 0.6 is 11.6 Å². The van der Waals surface area contributed by atoms with E-state index in [9.17, 15) is 4.79 Å². The zero-order valence-corrected chi connectivity index (χ0v) is 19.0. The molecule has 0 spiro atoms. The summed E-state index contributed by atoms with van der Waals surface area (Å²) in [6.45, 7) is 7.21. The molecule has 5 nitrogen and oxygen atoms in total. The van der Waals surface area contributed by atoms with Crippen LogP contribution in [0.3, 0.4) is 0 Å². The van der Waals surface area contributed by atoms with Crippen molar-refractivity contribution in [3.63, 3.8) is 0 Å². The van der Waals surface area contributed by atoms with Gasteiger partial charge >= 0.3 is 0 Å². The third kappa shape index (κ3) is 5.10. The smallest absolute Gasteiger partial charge is 0.257 e. The third-order valence-corrected chi connectivity index (χ3v) is 6.49. The fourth-order valence-electron chi connectivity index (χ4n) is 4.29. The SMILES string of the molecule is CCOc1ccc([C@H]2CC(c3ccccc3Cl)=NN2C(=O)CN2CCC(C)CC2)cc1. The molecule has 0 saturated carbocycles. The van der Waals surface area contributed by atoms with Crippen LogP contribution in [0.15, 0.2) is 53.6 Å². The summed E-state index contributed by atoms with van der Waals surface area (Å²) in [5, 5.41) is 7.11. The average Bonchev–Trinajstić information content (AvgIpc) is 3.22. The van der Waals surface area contributed by atoms with Crippen LogP contribution in [0.25, 0.3) is 0 Å². The van der Waals surface area contributed by atoms with Crippen molar-refractivity contribution in [1.82, 2.24) is 9.91 Å². The number of carbonyl (C=O) groups excluding carboxylic acids is 1. The summed E-state index contributed by atoms with van der Waals surface area (Å²) in [6.07, 6.45) is 2.92. The lowest BCUT2D eigenvalue weighted by Gasteiger charge is -2.31. The van der Waals surface area contributed by atoms with E-state index >= 15 is 0 Å². The summed E-state index contributed by atoms with van der Waals surface area (Å²) in [5.41, 5.74) is 2.79. The van der Waals surface area contributed by atoms with Gasteiger partial charge in [0.25, 0.3) is 5.91 Å². The molecule has 0 aliphatic carbocycles. The molecule has 2 aliphatic rings. The first-order valence-electron chi connectivity index (χ1n) is 11.1. The van der Waals surface area contributed by atoms with E-state index < -0.39 is 0 Å². The van der Waals surface area contributed by atoms with Crippen molar-refractivity contribution in [2.45, 2.75) is 39.2 Å². The number of hydrazone groups is 1. The Morgan fingerprint density at radius 2 is 1.84 bits per heavy atom. The largest absolute Gasteiger partial charge is 0.494 e. The van der Waals surface area contributed by atoms with Crippen LogP contribution in [0, 0.1) is 5.92 Å². The van der Waals surface area contributed by atoms with Gasteiger partial charge in [-0.1, -0.05) is 48.9 Å². The standard InChI is InChI=1S/C25H30ClN3O2/c1-3-31-20-10-8-19(9-11-20)24-16-23(21-6-4-5-7-22(21)26)27-29(24)25(30)17-28-14-12-18(2)13-15-28/h4-11,18,24H,3,12-17H2,1-2H3/t24-/m1/s1. The van der Waals surface area contributed by atoms with Gasteiger partial charge in [-0.2, -0.15) is 5.10 Å². The molecule has 1 atom stereocenters. The molecular weight excluding hydrogens is 410 g/mol. The highest BCUT2D eigenvalue weighted by Gasteiger charge is 2.34. The highest BCUT2D eigenvalue weighted by molar-refractivity contribution is 6.34. The Hall–Kier alpha value is -2.37. The van der Waals surface area contributed by atoms with E-state index in [0.717, 1.165) is 54.4 Å². The van der Waals surface area contributed by atoms with Gasteiger partial charge in [0.05, 0.1) is 24.9 Å². The van der Waals surface area contributed by atoms with Crippen LogP contribution in [0.4, 0.5) is 0 Å². The number of rotatable bonds is 6.